The Kier molecular flexibility index (Phi) is 3.85. The molecule has 0 N–H and O–H groups in total. The van der Waals surface area contributed by atoms with Crippen molar-refractivity contribution >= 4 is 27.3 Å². The lowest BCUT2D eigenvalue weighted by Gasteiger charge is -2.24. The maximum atomic E-state index is 11.4. The summed E-state index contributed by atoms with van der Waals surface area (Å²) in [6.45, 7) is 7.98. The van der Waals surface area contributed by atoms with E-state index in [0.29, 0.717) is 0 Å². The van der Waals surface area contributed by atoms with E-state index in [4.69, 9.17) is 0 Å². The van der Waals surface area contributed by atoms with Gasteiger partial charge in [0.25, 0.3) is 5.69 Å². The number of hydrogen-bond donors (Lipinski definition) is 0. The van der Waals surface area contributed by atoms with Gasteiger partial charge in [0.1, 0.15) is 5.69 Å². The first-order valence-electron chi connectivity index (χ1n) is 6.54. The Morgan fingerprint density at radius 3 is 2.32 bits per heavy atom. The number of nitrogens with zero attached hydrogens (tertiary/aromatic N) is 2. The van der Waals surface area contributed by atoms with Crippen LogP contribution in [0, 0.1) is 10.1 Å². The van der Waals surface area contributed by atoms with Crippen molar-refractivity contribution in [2.75, 3.05) is 18.0 Å². The molecule has 1 aliphatic heterocycles. The quantitative estimate of drug-likeness (QED) is 0.602. The van der Waals surface area contributed by atoms with Gasteiger partial charge in [0, 0.05) is 23.6 Å². The van der Waals surface area contributed by atoms with Crippen LogP contribution < -0.4 is 4.90 Å². The molecule has 0 radical (unpaired) electrons. The summed E-state index contributed by atoms with van der Waals surface area (Å²) in [6.07, 6.45) is 2.20. The van der Waals surface area contributed by atoms with Crippen molar-refractivity contribution in [2.45, 2.75) is 39.0 Å². The van der Waals surface area contributed by atoms with Crippen LogP contribution in [0.5, 0.6) is 0 Å². The SMILES string of the molecule is CC(C)(C)c1cc(Br)c(N2CCCC2)c([N+](=O)[O-])c1. The van der Waals surface area contributed by atoms with Crippen LogP contribution in [0.2, 0.25) is 0 Å². The van der Waals surface area contributed by atoms with Gasteiger partial charge < -0.3 is 4.90 Å². The third kappa shape index (κ3) is 2.91. The molecule has 1 fully saturated rings. The van der Waals surface area contributed by atoms with E-state index in [1.807, 2.05) is 6.07 Å². The maximum absolute atomic E-state index is 11.4. The lowest BCUT2D eigenvalue weighted by Crippen LogP contribution is -2.20. The molecule has 1 aromatic carbocycles. The molecule has 1 heterocycles. The second kappa shape index (κ2) is 5.12. The summed E-state index contributed by atoms with van der Waals surface area (Å²) in [4.78, 5) is 13.2. The van der Waals surface area contributed by atoms with Crippen molar-refractivity contribution in [3.63, 3.8) is 0 Å². The van der Waals surface area contributed by atoms with Gasteiger partial charge in [-0.1, -0.05) is 20.8 Å². The van der Waals surface area contributed by atoms with E-state index in [1.165, 1.54) is 0 Å². The minimum absolute atomic E-state index is 0.100. The lowest BCUT2D eigenvalue weighted by molar-refractivity contribution is -0.384. The highest BCUT2D eigenvalue weighted by molar-refractivity contribution is 9.10. The lowest BCUT2D eigenvalue weighted by atomic mass is 9.86. The van der Waals surface area contributed by atoms with E-state index in [2.05, 4.69) is 41.6 Å². The number of benzene rings is 1. The third-order valence-electron chi connectivity index (χ3n) is 3.53. The van der Waals surface area contributed by atoms with Crippen LogP contribution >= 0.6 is 15.9 Å². The van der Waals surface area contributed by atoms with E-state index in [0.717, 1.165) is 41.7 Å². The van der Waals surface area contributed by atoms with E-state index < -0.39 is 0 Å². The summed E-state index contributed by atoms with van der Waals surface area (Å²) in [5.74, 6) is 0. The number of nitro groups is 1. The molecule has 0 aromatic heterocycles. The van der Waals surface area contributed by atoms with Crippen LogP contribution in [-0.2, 0) is 5.41 Å². The molecule has 104 valence electrons. The molecule has 5 heteroatoms. The zero-order chi connectivity index (χ0) is 14.2. The molecule has 1 aromatic rings. The third-order valence-corrected chi connectivity index (χ3v) is 4.13. The highest BCUT2D eigenvalue weighted by Gasteiger charge is 2.28. The molecule has 0 amide bonds. The van der Waals surface area contributed by atoms with Crippen LogP contribution in [0.1, 0.15) is 39.2 Å². The monoisotopic (exact) mass is 326 g/mol. The first-order chi connectivity index (χ1) is 8.80. The van der Waals surface area contributed by atoms with Gasteiger partial charge in [0.15, 0.2) is 0 Å². The molecular formula is C14H19BrN2O2. The molecule has 0 saturated carbocycles. The van der Waals surface area contributed by atoms with Gasteiger partial charge in [-0.05, 0) is 45.8 Å². The Morgan fingerprint density at radius 1 is 1.26 bits per heavy atom. The fourth-order valence-electron chi connectivity index (χ4n) is 2.41. The van der Waals surface area contributed by atoms with Gasteiger partial charge in [-0.3, -0.25) is 10.1 Å². The van der Waals surface area contributed by atoms with Crippen LogP contribution in [0.15, 0.2) is 16.6 Å². The zero-order valence-corrected chi connectivity index (χ0v) is 13.2. The van der Waals surface area contributed by atoms with Crippen LogP contribution in [-0.4, -0.2) is 18.0 Å². The molecule has 0 atom stereocenters. The highest BCUT2D eigenvalue weighted by atomic mass is 79.9. The molecule has 1 aliphatic rings. The van der Waals surface area contributed by atoms with Crippen LogP contribution in [0.3, 0.4) is 0 Å². The normalized spacial score (nSPS) is 15.9. The zero-order valence-electron chi connectivity index (χ0n) is 11.6. The summed E-state index contributed by atoms with van der Waals surface area (Å²) in [5, 5.41) is 11.4. The Hall–Kier alpha value is -1.10. The molecule has 0 spiro atoms. The number of halogens is 1. The summed E-state index contributed by atoms with van der Waals surface area (Å²) in [6, 6.07) is 3.74. The van der Waals surface area contributed by atoms with Crippen molar-refractivity contribution in [2.24, 2.45) is 0 Å². The van der Waals surface area contributed by atoms with Crippen LogP contribution in [0.4, 0.5) is 11.4 Å². The molecule has 0 unspecified atom stereocenters. The molecule has 0 bridgehead atoms. The smallest absolute Gasteiger partial charge is 0.293 e. The fourth-order valence-corrected chi connectivity index (χ4v) is 3.11. The average molecular weight is 327 g/mol. The fraction of sp³-hybridized carbons (Fsp3) is 0.571. The molecule has 2 rings (SSSR count). The Labute approximate surface area is 122 Å². The number of anilines is 1. The van der Waals surface area contributed by atoms with Crippen molar-refractivity contribution in [1.29, 1.82) is 0 Å². The molecule has 19 heavy (non-hydrogen) atoms. The van der Waals surface area contributed by atoms with Crippen molar-refractivity contribution in [3.8, 4) is 0 Å². The number of rotatable bonds is 2. The van der Waals surface area contributed by atoms with Crippen molar-refractivity contribution in [1.82, 2.24) is 0 Å². The predicted octanol–water partition coefficient (Wildman–Crippen LogP) is 4.26. The Morgan fingerprint density at radius 2 is 1.84 bits per heavy atom. The average Bonchev–Trinajstić information content (AvgIpc) is 2.79. The highest BCUT2D eigenvalue weighted by Crippen LogP contribution is 2.41. The van der Waals surface area contributed by atoms with E-state index >= 15 is 0 Å². The van der Waals surface area contributed by atoms with Gasteiger partial charge in [0.05, 0.1) is 4.92 Å². The molecular weight excluding hydrogens is 308 g/mol. The topological polar surface area (TPSA) is 46.4 Å². The first-order valence-corrected chi connectivity index (χ1v) is 7.33. The number of hydrogen-bond acceptors (Lipinski definition) is 3. The Bertz CT molecular complexity index is 503. The summed E-state index contributed by atoms with van der Waals surface area (Å²) < 4.78 is 0.827. The number of nitro benzene ring substituents is 1. The van der Waals surface area contributed by atoms with E-state index in [1.54, 1.807) is 6.07 Å². The van der Waals surface area contributed by atoms with E-state index in [9.17, 15) is 10.1 Å². The van der Waals surface area contributed by atoms with Gasteiger partial charge in [0.2, 0.25) is 0 Å². The van der Waals surface area contributed by atoms with E-state index in [-0.39, 0.29) is 16.0 Å². The van der Waals surface area contributed by atoms with Crippen molar-refractivity contribution < 1.29 is 4.92 Å². The minimum atomic E-state index is -0.270. The first kappa shape index (κ1) is 14.3. The Balaban J connectivity index is 2.56. The summed E-state index contributed by atoms with van der Waals surface area (Å²) >= 11 is 3.52. The minimum Gasteiger partial charge on any atom is -0.365 e. The summed E-state index contributed by atoms with van der Waals surface area (Å²) in [5.41, 5.74) is 1.82. The second-order valence-corrected chi connectivity index (χ2v) is 6.88. The summed E-state index contributed by atoms with van der Waals surface area (Å²) in [7, 11) is 0. The van der Waals surface area contributed by atoms with Crippen molar-refractivity contribution in [3.05, 3.63) is 32.3 Å². The predicted molar refractivity (Wildman–Crippen MR) is 80.9 cm³/mol. The maximum Gasteiger partial charge on any atom is 0.293 e. The largest absolute Gasteiger partial charge is 0.365 e. The molecule has 4 nitrogen and oxygen atoms in total. The van der Waals surface area contributed by atoms with Gasteiger partial charge >= 0.3 is 0 Å². The standard InChI is InChI=1S/C14H19BrN2O2/c1-14(2,3)10-8-11(15)13(12(9-10)17(18)19)16-6-4-5-7-16/h8-9H,4-7H2,1-3H3. The molecule has 1 saturated heterocycles. The van der Waals surface area contributed by atoms with Gasteiger partial charge in [-0.15, -0.1) is 0 Å². The van der Waals surface area contributed by atoms with Gasteiger partial charge in [-0.25, -0.2) is 0 Å². The van der Waals surface area contributed by atoms with Gasteiger partial charge in [-0.2, -0.15) is 0 Å². The van der Waals surface area contributed by atoms with Crippen LogP contribution in [0.25, 0.3) is 0 Å². The molecule has 0 aliphatic carbocycles. The second-order valence-electron chi connectivity index (χ2n) is 6.03.